The number of rotatable bonds is 2. The Morgan fingerprint density at radius 2 is 2.54 bits per heavy atom. The topological polar surface area (TPSA) is 63.3 Å². The lowest BCUT2D eigenvalue weighted by Gasteiger charge is -1.94. The Morgan fingerprint density at radius 1 is 1.77 bits per heavy atom. The summed E-state index contributed by atoms with van der Waals surface area (Å²) < 4.78 is 0. The van der Waals surface area contributed by atoms with Crippen molar-refractivity contribution in [2.45, 2.75) is 0 Å². The number of nitrogens with two attached hydrogens (primary N) is 1. The second-order valence-corrected chi connectivity index (χ2v) is 3.01. The van der Waals surface area contributed by atoms with E-state index in [0.29, 0.717) is 10.7 Å². The second kappa shape index (κ2) is 4.74. The van der Waals surface area contributed by atoms with Gasteiger partial charge in [-0.15, -0.1) is 0 Å². The largest absolute Gasteiger partial charge is 0.375 e. The van der Waals surface area contributed by atoms with Gasteiger partial charge in [0.05, 0.1) is 11.9 Å². The van der Waals surface area contributed by atoms with E-state index in [9.17, 15) is 0 Å². The Morgan fingerprint density at radius 3 is 3.15 bits per heavy atom. The first-order valence-electron chi connectivity index (χ1n) is 3.38. The number of nitrogens with zero attached hydrogens (tertiary/aromatic N) is 2. The molecule has 0 aliphatic carbocycles. The standard InChI is InChI=1S/C7H7ClN4S/c8-5-1-2-10-6(3-5)4-11-12-7(9)13/h1-4H,(H3,9,12,13)/b11-4+. The molecule has 0 saturated heterocycles. The number of halogens is 1. The molecule has 13 heavy (non-hydrogen) atoms. The Hall–Kier alpha value is -1.20. The molecule has 4 nitrogen and oxygen atoms in total. The van der Waals surface area contributed by atoms with Crippen LogP contribution in [-0.2, 0) is 0 Å². The fourth-order valence-electron chi connectivity index (χ4n) is 0.654. The van der Waals surface area contributed by atoms with Crippen molar-refractivity contribution >= 4 is 35.1 Å². The average molecular weight is 215 g/mol. The molecular weight excluding hydrogens is 208 g/mol. The lowest BCUT2D eigenvalue weighted by Crippen LogP contribution is -2.24. The highest BCUT2D eigenvalue weighted by Gasteiger charge is 1.90. The monoisotopic (exact) mass is 214 g/mol. The van der Waals surface area contributed by atoms with Crippen LogP contribution in [0.5, 0.6) is 0 Å². The number of thiocarbonyl (C=S) groups is 1. The first kappa shape index (κ1) is 9.88. The molecule has 3 N–H and O–H groups in total. The molecule has 0 saturated carbocycles. The van der Waals surface area contributed by atoms with Crippen LogP contribution in [0, 0.1) is 0 Å². The van der Waals surface area contributed by atoms with Gasteiger partial charge in [-0.2, -0.15) is 5.10 Å². The van der Waals surface area contributed by atoms with Gasteiger partial charge in [-0.3, -0.25) is 10.4 Å². The van der Waals surface area contributed by atoms with Gasteiger partial charge in [-0.1, -0.05) is 11.6 Å². The summed E-state index contributed by atoms with van der Waals surface area (Å²) in [5.41, 5.74) is 8.19. The van der Waals surface area contributed by atoms with Crippen molar-refractivity contribution in [3.8, 4) is 0 Å². The second-order valence-electron chi connectivity index (χ2n) is 2.13. The SMILES string of the molecule is NC(=S)N/N=C/c1cc(Cl)ccn1. The van der Waals surface area contributed by atoms with E-state index in [1.54, 1.807) is 18.3 Å². The molecule has 0 spiro atoms. The molecular formula is C7H7ClN4S. The molecule has 1 rings (SSSR count). The predicted octanol–water partition coefficient (Wildman–Crippen LogP) is 0.902. The number of hydrazone groups is 1. The van der Waals surface area contributed by atoms with Crippen LogP contribution in [0.15, 0.2) is 23.4 Å². The number of hydrogen-bond acceptors (Lipinski definition) is 3. The van der Waals surface area contributed by atoms with Crippen LogP contribution in [-0.4, -0.2) is 16.3 Å². The zero-order valence-corrected chi connectivity index (χ0v) is 8.14. The molecule has 1 aromatic heterocycles. The van der Waals surface area contributed by atoms with Gasteiger partial charge in [0.25, 0.3) is 0 Å². The van der Waals surface area contributed by atoms with Gasteiger partial charge in [0.15, 0.2) is 5.11 Å². The van der Waals surface area contributed by atoms with Crippen LogP contribution in [0.25, 0.3) is 0 Å². The summed E-state index contributed by atoms with van der Waals surface area (Å²) in [7, 11) is 0. The van der Waals surface area contributed by atoms with Crippen molar-refractivity contribution in [2.24, 2.45) is 10.8 Å². The number of nitrogens with one attached hydrogen (secondary N) is 1. The van der Waals surface area contributed by atoms with E-state index in [-0.39, 0.29) is 5.11 Å². The first-order chi connectivity index (χ1) is 6.18. The summed E-state index contributed by atoms with van der Waals surface area (Å²) in [4.78, 5) is 3.98. The zero-order chi connectivity index (χ0) is 9.68. The molecule has 0 fully saturated rings. The van der Waals surface area contributed by atoms with Gasteiger partial charge in [0, 0.05) is 11.2 Å². The van der Waals surface area contributed by atoms with E-state index in [1.165, 1.54) is 6.21 Å². The molecule has 0 aliphatic heterocycles. The van der Waals surface area contributed by atoms with E-state index >= 15 is 0 Å². The minimum atomic E-state index is 0.110. The summed E-state index contributed by atoms with van der Waals surface area (Å²) in [6.45, 7) is 0. The molecule has 1 heterocycles. The van der Waals surface area contributed by atoms with E-state index in [1.807, 2.05) is 0 Å². The third-order valence-corrected chi connectivity index (χ3v) is 1.44. The van der Waals surface area contributed by atoms with Crippen LogP contribution in [0.1, 0.15) is 5.69 Å². The van der Waals surface area contributed by atoms with Gasteiger partial charge < -0.3 is 5.73 Å². The molecule has 0 aliphatic rings. The lowest BCUT2D eigenvalue weighted by atomic mass is 10.4. The summed E-state index contributed by atoms with van der Waals surface area (Å²) in [5, 5.41) is 4.43. The fraction of sp³-hybridized carbons (Fsp3) is 0. The van der Waals surface area contributed by atoms with Crippen molar-refractivity contribution in [3.63, 3.8) is 0 Å². The maximum atomic E-state index is 5.71. The predicted molar refractivity (Wildman–Crippen MR) is 56.8 cm³/mol. The molecule has 0 amide bonds. The van der Waals surface area contributed by atoms with Crippen LogP contribution in [0.3, 0.4) is 0 Å². The maximum absolute atomic E-state index is 5.71. The fourth-order valence-corrected chi connectivity index (χ4v) is 0.875. The highest BCUT2D eigenvalue weighted by molar-refractivity contribution is 7.80. The summed E-state index contributed by atoms with van der Waals surface area (Å²) >= 11 is 10.3. The third-order valence-electron chi connectivity index (χ3n) is 1.11. The average Bonchev–Trinajstić information content (AvgIpc) is 2.03. The molecule has 1 aromatic rings. The van der Waals surface area contributed by atoms with Gasteiger partial charge in [0.2, 0.25) is 0 Å². The van der Waals surface area contributed by atoms with Gasteiger partial charge in [-0.05, 0) is 24.4 Å². The molecule has 0 radical (unpaired) electrons. The van der Waals surface area contributed by atoms with Crippen molar-refractivity contribution in [3.05, 3.63) is 29.0 Å². The molecule has 0 aromatic carbocycles. The summed E-state index contributed by atoms with van der Waals surface area (Å²) in [6, 6.07) is 3.35. The van der Waals surface area contributed by atoms with Crippen LogP contribution < -0.4 is 11.2 Å². The van der Waals surface area contributed by atoms with E-state index in [4.69, 9.17) is 17.3 Å². The smallest absolute Gasteiger partial charge is 0.184 e. The Kier molecular flexibility index (Phi) is 3.60. The summed E-state index contributed by atoms with van der Waals surface area (Å²) in [6.07, 6.45) is 3.06. The molecule has 6 heteroatoms. The Labute approximate surface area is 85.8 Å². The van der Waals surface area contributed by atoms with E-state index in [2.05, 4.69) is 27.7 Å². The van der Waals surface area contributed by atoms with Gasteiger partial charge in [0.1, 0.15) is 0 Å². The van der Waals surface area contributed by atoms with Crippen molar-refractivity contribution in [2.75, 3.05) is 0 Å². The molecule has 68 valence electrons. The van der Waals surface area contributed by atoms with Crippen molar-refractivity contribution in [1.82, 2.24) is 10.4 Å². The van der Waals surface area contributed by atoms with E-state index < -0.39 is 0 Å². The van der Waals surface area contributed by atoms with E-state index in [0.717, 1.165) is 0 Å². The Bertz CT molecular complexity index is 339. The van der Waals surface area contributed by atoms with Crippen molar-refractivity contribution < 1.29 is 0 Å². The quantitative estimate of drug-likeness (QED) is 0.436. The normalized spacial score (nSPS) is 10.2. The maximum Gasteiger partial charge on any atom is 0.184 e. The molecule has 0 bridgehead atoms. The number of pyridine rings is 1. The first-order valence-corrected chi connectivity index (χ1v) is 4.17. The summed E-state index contributed by atoms with van der Waals surface area (Å²) in [5.74, 6) is 0. The van der Waals surface area contributed by atoms with Gasteiger partial charge >= 0.3 is 0 Å². The highest BCUT2D eigenvalue weighted by Crippen LogP contribution is 2.05. The Balaban J connectivity index is 2.63. The lowest BCUT2D eigenvalue weighted by molar-refractivity contribution is 1.04. The minimum Gasteiger partial charge on any atom is -0.375 e. The number of aromatic nitrogens is 1. The third kappa shape index (κ3) is 3.82. The highest BCUT2D eigenvalue weighted by atomic mass is 35.5. The zero-order valence-electron chi connectivity index (χ0n) is 6.57. The van der Waals surface area contributed by atoms with Crippen molar-refractivity contribution in [1.29, 1.82) is 0 Å². The van der Waals surface area contributed by atoms with Gasteiger partial charge in [-0.25, -0.2) is 0 Å². The van der Waals surface area contributed by atoms with Crippen LogP contribution >= 0.6 is 23.8 Å². The van der Waals surface area contributed by atoms with Crippen LogP contribution in [0.4, 0.5) is 0 Å². The molecule has 0 unspecified atom stereocenters. The van der Waals surface area contributed by atoms with Crippen LogP contribution in [0.2, 0.25) is 5.02 Å². The molecule has 0 atom stereocenters. The minimum absolute atomic E-state index is 0.110. The number of hydrogen-bond donors (Lipinski definition) is 2.